The summed E-state index contributed by atoms with van der Waals surface area (Å²) in [5.41, 5.74) is -0.361. The molecule has 0 saturated heterocycles. The van der Waals surface area contributed by atoms with Crippen molar-refractivity contribution in [1.29, 1.82) is 0 Å². The quantitative estimate of drug-likeness (QED) is 0.475. The Kier molecular flexibility index (Phi) is 8.44. The molecule has 0 fully saturated rings. The summed E-state index contributed by atoms with van der Waals surface area (Å²) < 4.78 is 33.5. The Morgan fingerprint density at radius 3 is 2.30 bits per heavy atom. The summed E-state index contributed by atoms with van der Waals surface area (Å²) >= 11 is 3.47. The first-order chi connectivity index (χ1) is 15.2. The minimum Gasteiger partial charge on any atom is -0.444 e. The van der Waals surface area contributed by atoms with Crippen LogP contribution in [0, 0.1) is 23.5 Å². The number of alkyl carbamates (subject to hydrolysis) is 1. The van der Waals surface area contributed by atoms with E-state index in [4.69, 9.17) is 4.74 Å². The first-order valence-corrected chi connectivity index (χ1v) is 11.0. The summed E-state index contributed by atoms with van der Waals surface area (Å²) in [4.78, 5) is 17.1. The molecule has 1 aromatic carbocycles. The van der Waals surface area contributed by atoms with Gasteiger partial charge in [-0.3, -0.25) is 0 Å². The molecule has 0 radical (unpaired) electrons. The molecule has 3 N–H and O–H groups in total. The maximum Gasteiger partial charge on any atom is 0.408 e. The summed E-state index contributed by atoms with van der Waals surface area (Å²) in [6, 6.07) is 4.09. The Balaban J connectivity index is 2.56. The highest BCUT2D eigenvalue weighted by atomic mass is 79.9. The summed E-state index contributed by atoms with van der Waals surface area (Å²) in [6.07, 6.45) is -0.670. The number of hydrogen-bond donors (Lipinski definition) is 3. The highest BCUT2D eigenvalue weighted by molar-refractivity contribution is 9.10. The topological polar surface area (TPSA) is 83.5 Å². The number of carbonyl (C=O) groups excluding carboxylic acids is 1. The lowest BCUT2D eigenvalue weighted by atomic mass is 10.0. The normalized spacial score (nSPS) is 12.4. The fraction of sp³-hybridized carbons (Fsp3) is 0.417. The second-order valence-electron chi connectivity index (χ2n) is 8.99. The number of rotatable bonds is 5. The van der Waals surface area contributed by atoms with E-state index in [2.05, 4.69) is 43.4 Å². The van der Waals surface area contributed by atoms with Gasteiger partial charge in [0.2, 0.25) is 0 Å². The largest absolute Gasteiger partial charge is 0.444 e. The van der Waals surface area contributed by atoms with Crippen molar-refractivity contribution in [2.24, 2.45) is 0 Å². The van der Waals surface area contributed by atoms with Crippen LogP contribution >= 0.6 is 15.9 Å². The third-order valence-corrected chi connectivity index (χ3v) is 4.78. The van der Waals surface area contributed by atoms with Gasteiger partial charge in [0.15, 0.2) is 0 Å². The molecule has 1 heterocycles. The zero-order chi connectivity index (χ0) is 25.0. The average Bonchev–Trinajstić information content (AvgIpc) is 2.63. The van der Waals surface area contributed by atoms with Crippen LogP contribution in [0.25, 0.3) is 0 Å². The lowest BCUT2D eigenvalue weighted by Gasteiger charge is -2.24. The number of nitrogens with one attached hydrogen (secondary N) is 2. The maximum absolute atomic E-state index is 13.8. The summed E-state index contributed by atoms with van der Waals surface area (Å²) in [6.45, 7) is 8.27. The number of amides is 1. The fourth-order valence-electron chi connectivity index (χ4n) is 2.88. The van der Waals surface area contributed by atoms with Gasteiger partial charge in [0.05, 0.1) is 17.4 Å². The van der Waals surface area contributed by atoms with E-state index in [0.29, 0.717) is 27.1 Å². The van der Waals surface area contributed by atoms with E-state index >= 15 is 0 Å². The molecular formula is C24H28BrF2N3O3. The van der Waals surface area contributed by atoms with E-state index in [1.165, 1.54) is 12.1 Å². The van der Waals surface area contributed by atoms with E-state index in [0.717, 1.165) is 6.07 Å². The van der Waals surface area contributed by atoms with Crippen molar-refractivity contribution in [2.45, 2.75) is 58.3 Å². The molecule has 1 amide bonds. The van der Waals surface area contributed by atoms with Crippen molar-refractivity contribution in [3.63, 3.8) is 0 Å². The van der Waals surface area contributed by atoms with Gasteiger partial charge in [-0.15, -0.1) is 0 Å². The summed E-state index contributed by atoms with van der Waals surface area (Å²) in [5.74, 6) is 4.10. The predicted octanol–water partition coefficient (Wildman–Crippen LogP) is 5.09. The molecule has 1 aromatic heterocycles. The number of aromatic nitrogens is 1. The van der Waals surface area contributed by atoms with E-state index < -0.39 is 35.0 Å². The smallest absolute Gasteiger partial charge is 0.408 e. The SMILES string of the molecule is CNc1cc(Br)c([C@H](Cc2cc(F)cc(F)c2)NC(=O)OC(C)(C)C)nc1C#CC(C)(C)O. The van der Waals surface area contributed by atoms with Gasteiger partial charge in [-0.2, -0.15) is 0 Å². The van der Waals surface area contributed by atoms with Crippen molar-refractivity contribution in [1.82, 2.24) is 10.3 Å². The highest BCUT2D eigenvalue weighted by Crippen LogP contribution is 2.29. The second kappa shape index (κ2) is 10.5. The summed E-state index contributed by atoms with van der Waals surface area (Å²) in [7, 11) is 1.70. The first-order valence-electron chi connectivity index (χ1n) is 10.2. The first kappa shape index (κ1) is 26.6. The zero-order valence-electron chi connectivity index (χ0n) is 19.4. The van der Waals surface area contributed by atoms with Gasteiger partial charge < -0.3 is 20.5 Å². The molecule has 0 unspecified atom stereocenters. The minimum absolute atomic E-state index is 0.0385. The number of pyridine rings is 1. The van der Waals surface area contributed by atoms with Crippen LogP contribution in [0.2, 0.25) is 0 Å². The Bertz CT molecular complexity index is 1060. The zero-order valence-corrected chi connectivity index (χ0v) is 21.0. The molecule has 1 atom stereocenters. The van der Waals surface area contributed by atoms with E-state index in [1.807, 2.05) is 0 Å². The lowest BCUT2D eigenvalue weighted by Crippen LogP contribution is -2.36. The van der Waals surface area contributed by atoms with Crippen LogP contribution in [0.5, 0.6) is 0 Å². The van der Waals surface area contributed by atoms with Crippen molar-refractivity contribution >= 4 is 27.7 Å². The molecule has 2 rings (SSSR count). The third kappa shape index (κ3) is 8.63. The Morgan fingerprint density at radius 1 is 1.18 bits per heavy atom. The van der Waals surface area contributed by atoms with Gasteiger partial charge in [0.25, 0.3) is 0 Å². The van der Waals surface area contributed by atoms with Crippen molar-refractivity contribution < 1.29 is 23.4 Å². The number of aliphatic hydroxyl groups is 1. The third-order valence-electron chi connectivity index (χ3n) is 4.14. The molecule has 0 saturated carbocycles. The van der Waals surface area contributed by atoms with E-state index in [9.17, 15) is 18.7 Å². The van der Waals surface area contributed by atoms with Gasteiger partial charge in [-0.1, -0.05) is 5.92 Å². The molecule has 33 heavy (non-hydrogen) atoms. The van der Waals surface area contributed by atoms with E-state index in [-0.39, 0.29) is 6.42 Å². The number of nitrogens with zero attached hydrogens (tertiary/aromatic N) is 1. The lowest BCUT2D eigenvalue weighted by molar-refractivity contribution is 0.0502. The standard InChI is InChI=1S/C24H28BrF2N3O3/c1-23(2,3)33-22(31)30-20(11-14-9-15(26)12-16(27)10-14)21-17(25)13-19(28-6)18(29-21)7-8-24(4,5)32/h9-10,12-13,20,28,32H,11H2,1-6H3,(H,30,31)/t20-/m0/s1. The van der Waals surface area contributed by atoms with Crippen LogP contribution in [0.3, 0.4) is 0 Å². The van der Waals surface area contributed by atoms with Gasteiger partial charge in [0.1, 0.15) is 28.5 Å². The van der Waals surface area contributed by atoms with Gasteiger partial charge in [-0.05, 0) is 86.7 Å². The maximum atomic E-state index is 13.8. The van der Waals surface area contributed by atoms with Gasteiger partial charge in [-0.25, -0.2) is 18.6 Å². The minimum atomic E-state index is -1.24. The van der Waals surface area contributed by atoms with Crippen LogP contribution in [-0.4, -0.2) is 34.4 Å². The van der Waals surface area contributed by atoms with Crippen molar-refractivity contribution in [2.75, 3.05) is 12.4 Å². The van der Waals surface area contributed by atoms with Crippen LogP contribution in [-0.2, 0) is 11.2 Å². The van der Waals surface area contributed by atoms with Gasteiger partial charge >= 0.3 is 6.09 Å². The van der Waals surface area contributed by atoms with E-state index in [1.54, 1.807) is 47.7 Å². The molecule has 0 aliphatic carbocycles. The van der Waals surface area contributed by atoms with Crippen molar-refractivity contribution in [3.05, 3.63) is 57.3 Å². The Labute approximate surface area is 201 Å². The average molecular weight is 524 g/mol. The highest BCUT2D eigenvalue weighted by Gasteiger charge is 2.25. The summed E-state index contributed by atoms with van der Waals surface area (Å²) in [5, 5.41) is 15.7. The van der Waals surface area contributed by atoms with Crippen LogP contribution in [0.15, 0.2) is 28.7 Å². The van der Waals surface area contributed by atoms with Gasteiger partial charge in [0, 0.05) is 17.6 Å². The van der Waals surface area contributed by atoms with Crippen LogP contribution in [0.4, 0.5) is 19.3 Å². The molecule has 2 aromatic rings. The Morgan fingerprint density at radius 2 is 1.79 bits per heavy atom. The molecule has 178 valence electrons. The molecule has 9 heteroatoms. The number of benzene rings is 1. The number of hydrogen-bond acceptors (Lipinski definition) is 5. The number of carbonyl (C=O) groups is 1. The molecular weight excluding hydrogens is 496 g/mol. The number of ether oxygens (including phenoxy) is 1. The fourth-order valence-corrected chi connectivity index (χ4v) is 3.47. The van der Waals surface area contributed by atoms with Crippen LogP contribution < -0.4 is 10.6 Å². The molecule has 0 aliphatic heterocycles. The monoisotopic (exact) mass is 523 g/mol. The predicted molar refractivity (Wildman–Crippen MR) is 127 cm³/mol. The molecule has 0 spiro atoms. The second-order valence-corrected chi connectivity index (χ2v) is 9.85. The van der Waals surface area contributed by atoms with Crippen LogP contribution in [0.1, 0.15) is 57.6 Å². The molecule has 0 aliphatic rings. The Hall–Kier alpha value is -2.70. The molecule has 6 nitrogen and oxygen atoms in total. The van der Waals surface area contributed by atoms with Crippen molar-refractivity contribution in [3.8, 4) is 11.8 Å². The number of anilines is 1. The number of halogens is 3. The molecule has 0 bridgehead atoms.